The zero-order valence-electron chi connectivity index (χ0n) is 11.1. The first-order chi connectivity index (χ1) is 10.00. The smallest absolute Gasteiger partial charge is 0.322 e. The number of likely N-dealkylation sites (tertiary alicyclic amines) is 1. The first kappa shape index (κ1) is 13.3. The van der Waals surface area contributed by atoms with Gasteiger partial charge in [-0.2, -0.15) is 0 Å². The molecular weight excluding hydrogens is 276 g/mol. The summed E-state index contributed by atoms with van der Waals surface area (Å²) in [6.45, 7) is 0.630. The molecule has 3 heterocycles. The van der Waals surface area contributed by atoms with Gasteiger partial charge in [0.05, 0.1) is 12.1 Å². The van der Waals surface area contributed by atoms with Gasteiger partial charge in [-0.3, -0.25) is 19.7 Å². The fourth-order valence-corrected chi connectivity index (χ4v) is 2.77. The molecule has 0 bridgehead atoms. The molecule has 2 aliphatic rings. The highest BCUT2D eigenvalue weighted by molar-refractivity contribution is 6.07. The molecule has 8 heteroatoms. The van der Waals surface area contributed by atoms with Crippen molar-refractivity contribution in [1.29, 1.82) is 0 Å². The number of carbonyl (C=O) groups is 3. The van der Waals surface area contributed by atoms with Gasteiger partial charge in [-0.05, 0) is 18.9 Å². The molecule has 3 rings (SSSR count). The number of amides is 4. The Labute approximate surface area is 119 Å². The molecule has 1 aromatic rings. The highest BCUT2D eigenvalue weighted by Gasteiger charge is 2.49. The minimum absolute atomic E-state index is 0.128. The number of hydrogen-bond donors (Lipinski definition) is 3. The zero-order chi connectivity index (χ0) is 15.0. The molecule has 0 aliphatic carbocycles. The van der Waals surface area contributed by atoms with Gasteiger partial charge < -0.3 is 15.2 Å². The van der Waals surface area contributed by atoms with Crippen molar-refractivity contribution in [2.45, 2.75) is 18.4 Å². The SMILES string of the molecule is O=C1NC(=O)C2(CCCN(C(=O)c3ccc(=O)[nH]c3)C2)N1. The first-order valence-electron chi connectivity index (χ1n) is 6.62. The van der Waals surface area contributed by atoms with Gasteiger partial charge >= 0.3 is 6.03 Å². The normalized spacial score (nSPS) is 24.9. The van der Waals surface area contributed by atoms with Gasteiger partial charge in [0, 0.05) is 18.8 Å². The number of carbonyl (C=O) groups excluding carboxylic acids is 3. The number of aromatic nitrogens is 1. The maximum atomic E-state index is 12.4. The highest BCUT2D eigenvalue weighted by atomic mass is 16.2. The van der Waals surface area contributed by atoms with E-state index in [-0.39, 0.29) is 18.0 Å². The van der Waals surface area contributed by atoms with Crippen LogP contribution in [-0.4, -0.2) is 46.4 Å². The van der Waals surface area contributed by atoms with Gasteiger partial charge in [-0.15, -0.1) is 0 Å². The molecule has 8 nitrogen and oxygen atoms in total. The second-order valence-electron chi connectivity index (χ2n) is 5.26. The van der Waals surface area contributed by atoms with E-state index >= 15 is 0 Å². The molecule has 2 fully saturated rings. The predicted molar refractivity (Wildman–Crippen MR) is 71.6 cm³/mol. The summed E-state index contributed by atoms with van der Waals surface area (Å²) in [5.74, 6) is -0.675. The van der Waals surface area contributed by atoms with Crippen LogP contribution in [0, 0.1) is 0 Å². The van der Waals surface area contributed by atoms with Crippen molar-refractivity contribution in [3.8, 4) is 0 Å². The maximum absolute atomic E-state index is 12.4. The van der Waals surface area contributed by atoms with Crippen molar-refractivity contribution >= 4 is 17.8 Å². The van der Waals surface area contributed by atoms with Crippen LogP contribution in [-0.2, 0) is 4.79 Å². The number of rotatable bonds is 1. The third kappa shape index (κ3) is 2.28. The molecule has 3 N–H and O–H groups in total. The number of urea groups is 1. The summed E-state index contributed by atoms with van der Waals surface area (Å²) < 4.78 is 0. The Morgan fingerprint density at radius 2 is 2.05 bits per heavy atom. The second kappa shape index (κ2) is 4.72. The molecule has 1 atom stereocenters. The number of nitrogens with one attached hydrogen (secondary N) is 3. The molecule has 21 heavy (non-hydrogen) atoms. The largest absolute Gasteiger partial charge is 0.336 e. The topological polar surface area (TPSA) is 111 Å². The van der Waals surface area contributed by atoms with Crippen LogP contribution in [0.3, 0.4) is 0 Å². The van der Waals surface area contributed by atoms with Crippen molar-refractivity contribution in [1.82, 2.24) is 20.5 Å². The quantitative estimate of drug-likeness (QED) is 0.587. The Balaban J connectivity index is 1.81. The maximum Gasteiger partial charge on any atom is 0.322 e. The average Bonchev–Trinajstić information content (AvgIpc) is 2.73. The van der Waals surface area contributed by atoms with Crippen LogP contribution in [0.25, 0.3) is 0 Å². The monoisotopic (exact) mass is 290 g/mol. The molecule has 1 spiro atoms. The number of aromatic amines is 1. The molecule has 1 aromatic heterocycles. The fraction of sp³-hybridized carbons (Fsp3) is 0.385. The summed E-state index contributed by atoms with van der Waals surface area (Å²) in [6.07, 6.45) is 2.46. The number of H-pyrrole nitrogens is 1. The van der Waals surface area contributed by atoms with E-state index in [0.29, 0.717) is 24.9 Å². The Morgan fingerprint density at radius 3 is 2.67 bits per heavy atom. The van der Waals surface area contributed by atoms with E-state index < -0.39 is 17.5 Å². The van der Waals surface area contributed by atoms with Gasteiger partial charge in [0.25, 0.3) is 11.8 Å². The van der Waals surface area contributed by atoms with Crippen molar-refractivity contribution in [2.24, 2.45) is 0 Å². The lowest BCUT2D eigenvalue weighted by Gasteiger charge is -2.38. The molecule has 0 saturated carbocycles. The number of pyridine rings is 1. The number of nitrogens with zero attached hydrogens (tertiary/aromatic N) is 1. The van der Waals surface area contributed by atoms with Crippen molar-refractivity contribution in [3.63, 3.8) is 0 Å². The van der Waals surface area contributed by atoms with Gasteiger partial charge in [-0.25, -0.2) is 4.79 Å². The summed E-state index contributed by atoms with van der Waals surface area (Å²) in [4.78, 5) is 50.6. The van der Waals surface area contributed by atoms with Crippen molar-refractivity contribution in [3.05, 3.63) is 34.2 Å². The Hall–Kier alpha value is -2.64. The standard InChI is InChI=1S/C13H14N4O4/c18-9-3-2-8(6-14-9)10(19)17-5-1-4-13(7-17)11(20)15-12(21)16-13/h2-3,6H,1,4-5,7H2,(H,14,18)(H2,15,16,20,21). The summed E-state index contributed by atoms with van der Waals surface area (Å²) in [7, 11) is 0. The van der Waals surface area contributed by atoms with Crippen molar-refractivity contribution in [2.75, 3.05) is 13.1 Å². The predicted octanol–water partition coefficient (Wildman–Crippen LogP) is -0.811. The van der Waals surface area contributed by atoms with Crippen LogP contribution in [0.2, 0.25) is 0 Å². The zero-order valence-corrected chi connectivity index (χ0v) is 11.1. The van der Waals surface area contributed by atoms with Crippen LogP contribution in [0.4, 0.5) is 4.79 Å². The van der Waals surface area contributed by atoms with Crippen LogP contribution in [0.1, 0.15) is 23.2 Å². The lowest BCUT2D eigenvalue weighted by Crippen LogP contribution is -2.59. The van der Waals surface area contributed by atoms with Crippen molar-refractivity contribution < 1.29 is 14.4 Å². The summed E-state index contributed by atoms with van der Waals surface area (Å²) in [6, 6.07) is 2.19. The molecule has 2 aliphatic heterocycles. The van der Waals surface area contributed by atoms with E-state index in [0.717, 1.165) is 0 Å². The van der Waals surface area contributed by atoms with Gasteiger partial charge in [0.2, 0.25) is 5.56 Å². The fourth-order valence-electron chi connectivity index (χ4n) is 2.77. The van der Waals surface area contributed by atoms with E-state index in [1.165, 1.54) is 23.2 Å². The van der Waals surface area contributed by atoms with Crippen LogP contribution in [0.5, 0.6) is 0 Å². The van der Waals surface area contributed by atoms with E-state index in [4.69, 9.17) is 0 Å². The second-order valence-corrected chi connectivity index (χ2v) is 5.26. The van der Waals surface area contributed by atoms with E-state index in [9.17, 15) is 19.2 Å². The number of imide groups is 1. The molecule has 1 unspecified atom stereocenters. The molecule has 2 saturated heterocycles. The number of hydrogen-bond acceptors (Lipinski definition) is 4. The molecular formula is C13H14N4O4. The number of piperidine rings is 1. The van der Waals surface area contributed by atoms with E-state index in [2.05, 4.69) is 15.6 Å². The van der Waals surface area contributed by atoms with Crippen LogP contribution >= 0.6 is 0 Å². The molecule has 0 aromatic carbocycles. The lowest BCUT2D eigenvalue weighted by molar-refractivity contribution is -0.125. The Bertz CT molecular complexity index is 662. The summed E-state index contributed by atoms with van der Waals surface area (Å²) >= 11 is 0. The molecule has 4 amide bonds. The summed E-state index contributed by atoms with van der Waals surface area (Å²) in [5, 5.41) is 4.82. The summed E-state index contributed by atoms with van der Waals surface area (Å²) in [5.41, 5.74) is -0.979. The minimum Gasteiger partial charge on any atom is -0.336 e. The van der Waals surface area contributed by atoms with Crippen LogP contribution < -0.4 is 16.2 Å². The molecule has 0 radical (unpaired) electrons. The lowest BCUT2D eigenvalue weighted by atomic mass is 9.89. The average molecular weight is 290 g/mol. The van der Waals surface area contributed by atoms with Gasteiger partial charge in [0.15, 0.2) is 0 Å². The Kier molecular flexibility index (Phi) is 3.00. The Morgan fingerprint density at radius 1 is 1.24 bits per heavy atom. The third-order valence-electron chi connectivity index (χ3n) is 3.83. The third-order valence-corrected chi connectivity index (χ3v) is 3.83. The minimum atomic E-state index is -1.03. The first-order valence-corrected chi connectivity index (χ1v) is 6.62. The van der Waals surface area contributed by atoms with Crippen LogP contribution in [0.15, 0.2) is 23.1 Å². The highest BCUT2D eigenvalue weighted by Crippen LogP contribution is 2.25. The van der Waals surface area contributed by atoms with Gasteiger partial charge in [0.1, 0.15) is 5.54 Å². The molecule has 110 valence electrons. The van der Waals surface area contributed by atoms with Gasteiger partial charge in [-0.1, -0.05) is 0 Å². The van der Waals surface area contributed by atoms with E-state index in [1.807, 2.05) is 0 Å². The van der Waals surface area contributed by atoms with E-state index in [1.54, 1.807) is 0 Å².